The van der Waals surface area contributed by atoms with Crippen LogP contribution in [0, 0.1) is 3.57 Å². The third-order valence-electron chi connectivity index (χ3n) is 1.67. The smallest absolute Gasteiger partial charge is 0.267 e. The highest BCUT2D eigenvalue weighted by molar-refractivity contribution is 14.1. The van der Waals surface area contributed by atoms with Crippen molar-refractivity contribution in [2.75, 3.05) is 6.61 Å². The first kappa shape index (κ1) is 12.6. The molecule has 0 radical (unpaired) electrons. The van der Waals surface area contributed by atoms with E-state index in [1.54, 1.807) is 12.3 Å². The molecular formula is C10H15IN2O2. The lowest BCUT2D eigenvalue weighted by atomic mass is 10.2. The summed E-state index contributed by atoms with van der Waals surface area (Å²) in [5.41, 5.74) is -0.258. The topological polar surface area (TPSA) is 44.1 Å². The van der Waals surface area contributed by atoms with Gasteiger partial charge in [-0.25, -0.2) is 4.68 Å². The van der Waals surface area contributed by atoms with Crippen LogP contribution in [0.4, 0.5) is 0 Å². The van der Waals surface area contributed by atoms with Gasteiger partial charge in [0.05, 0.1) is 24.9 Å². The molecule has 0 unspecified atom stereocenters. The van der Waals surface area contributed by atoms with Gasteiger partial charge in [-0.05, 0) is 43.4 Å². The zero-order valence-electron chi connectivity index (χ0n) is 9.16. The molecule has 1 aromatic heterocycles. The summed E-state index contributed by atoms with van der Waals surface area (Å²) in [5.74, 6) is 0. The van der Waals surface area contributed by atoms with Crippen molar-refractivity contribution < 1.29 is 4.74 Å². The molecule has 4 nitrogen and oxygen atoms in total. The highest BCUT2D eigenvalue weighted by atomic mass is 127. The van der Waals surface area contributed by atoms with E-state index in [4.69, 9.17) is 4.74 Å². The number of aromatic nitrogens is 2. The monoisotopic (exact) mass is 322 g/mol. The van der Waals surface area contributed by atoms with Gasteiger partial charge in [0, 0.05) is 9.64 Å². The van der Waals surface area contributed by atoms with Crippen LogP contribution in [-0.2, 0) is 11.3 Å². The van der Waals surface area contributed by atoms with Crippen molar-refractivity contribution in [3.63, 3.8) is 0 Å². The normalized spacial score (nSPS) is 11.7. The van der Waals surface area contributed by atoms with Gasteiger partial charge < -0.3 is 4.74 Å². The summed E-state index contributed by atoms with van der Waals surface area (Å²) >= 11 is 2.07. The predicted molar refractivity (Wildman–Crippen MR) is 66.9 cm³/mol. The Bertz CT molecular complexity index is 382. The van der Waals surface area contributed by atoms with Gasteiger partial charge in [-0.2, -0.15) is 5.10 Å². The lowest BCUT2D eigenvalue weighted by molar-refractivity contribution is -0.00836. The van der Waals surface area contributed by atoms with E-state index in [-0.39, 0.29) is 11.2 Å². The predicted octanol–water partition coefficient (Wildman–Crippen LogP) is 1.66. The van der Waals surface area contributed by atoms with Gasteiger partial charge in [-0.15, -0.1) is 0 Å². The molecule has 0 spiro atoms. The molecule has 84 valence electrons. The fourth-order valence-corrected chi connectivity index (χ4v) is 1.41. The van der Waals surface area contributed by atoms with E-state index in [9.17, 15) is 4.79 Å². The molecule has 5 heteroatoms. The first-order valence-electron chi connectivity index (χ1n) is 4.75. The maximum absolute atomic E-state index is 11.4. The first-order valence-corrected chi connectivity index (χ1v) is 5.83. The van der Waals surface area contributed by atoms with Crippen LogP contribution in [0.25, 0.3) is 0 Å². The molecular weight excluding hydrogens is 307 g/mol. The zero-order valence-corrected chi connectivity index (χ0v) is 11.3. The number of halogens is 1. The molecule has 0 N–H and O–H groups in total. The number of nitrogens with zero attached hydrogens (tertiary/aromatic N) is 2. The van der Waals surface area contributed by atoms with Gasteiger partial charge in [-0.1, -0.05) is 0 Å². The molecule has 0 saturated carbocycles. The minimum absolute atomic E-state index is 0.0839. The van der Waals surface area contributed by atoms with Crippen molar-refractivity contribution in [3.8, 4) is 0 Å². The third kappa shape index (κ3) is 4.74. The molecule has 0 aliphatic rings. The molecule has 0 aliphatic heterocycles. The Hall–Kier alpha value is -0.430. The Morgan fingerprint density at radius 2 is 2.20 bits per heavy atom. The van der Waals surface area contributed by atoms with Gasteiger partial charge in [0.2, 0.25) is 0 Å². The van der Waals surface area contributed by atoms with Gasteiger partial charge in [0.1, 0.15) is 0 Å². The first-order chi connectivity index (χ1) is 6.88. The molecule has 15 heavy (non-hydrogen) atoms. The fourth-order valence-electron chi connectivity index (χ4n) is 1.02. The number of hydrogen-bond acceptors (Lipinski definition) is 3. The van der Waals surface area contributed by atoms with Crippen LogP contribution >= 0.6 is 22.6 Å². The van der Waals surface area contributed by atoms with Gasteiger partial charge in [0.25, 0.3) is 5.56 Å². The molecule has 1 aromatic rings. The van der Waals surface area contributed by atoms with E-state index < -0.39 is 0 Å². The van der Waals surface area contributed by atoms with Crippen molar-refractivity contribution in [1.29, 1.82) is 0 Å². The largest absolute Gasteiger partial charge is 0.374 e. The number of hydrogen-bond donors (Lipinski definition) is 0. The molecule has 0 saturated heterocycles. The quantitative estimate of drug-likeness (QED) is 0.795. The number of ether oxygens (including phenoxy) is 1. The van der Waals surface area contributed by atoms with Crippen molar-refractivity contribution in [2.24, 2.45) is 0 Å². The lowest BCUT2D eigenvalue weighted by Gasteiger charge is -2.19. The van der Waals surface area contributed by atoms with Crippen molar-refractivity contribution in [3.05, 3.63) is 26.2 Å². The minimum atomic E-state index is -0.174. The lowest BCUT2D eigenvalue weighted by Crippen LogP contribution is -2.27. The molecule has 0 atom stereocenters. The second kappa shape index (κ2) is 5.07. The summed E-state index contributed by atoms with van der Waals surface area (Å²) in [5, 5.41) is 4.01. The molecule has 0 aromatic carbocycles. The Morgan fingerprint density at radius 1 is 1.53 bits per heavy atom. The fraction of sp³-hybridized carbons (Fsp3) is 0.600. The maximum Gasteiger partial charge on any atom is 0.267 e. The molecule has 0 bridgehead atoms. The van der Waals surface area contributed by atoms with Gasteiger partial charge >= 0.3 is 0 Å². The van der Waals surface area contributed by atoms with E-state index in [0.29, 0.717) is 13.2 Å². The van der Waals surface area contributed by atoms with Crippen LogP contribution in [0.5, 0.6) is 0 Å². The third-order valence-corrected chi connectivity index (χ3v) is 2.26. The summed E-state index contributed by atoms with van der Waals surface area (Å²) < 4.78 is 7.78. The van der Waals surface area contributed by atoms with E-state index in [1.807, 2.05) is 20.8 Å². The van der Waals surface area contributed by atoms with Crippen molar-refractivity contribution in [1.82, 2.24) is 9.78 Å². The summed E-state index contributed by atoms with van der Waals surface area (Å²) in [6.45, 7) is 6.94. The summed E-state index contributed by atoms with van der Waals surface area (Å²) in [6.07, 6.45) is 1.67. The average Bonchev–Trinajstić information content (AvgIpc) is 2.07. The molecule has 1 rings (SSSR count). The van der Waals surface area contributed by atoms with E-state index in [0.717, 1.165) is 3.57 Å². The Balaban J connectivity index is 2.55. The standard InChI is InChI=1S/C10H15IN2O2/c1-10(2,3)15-5-4-13-9(14)6-8(11)7-12-13/h6-7H,4-5H2,1-3H3. The Morgan fingerprint density at radius 3 is 2.73 bits per heavy atom. The summed E-state index contributed by atoms with van der Waals surface area (Å²) in [4.78, 5) is 11.4. The van der Waals surface area contributed by atoms with Crippen LogP contribution in [0.15, 0.2) is 17.1 Å². The molecule has 0 fully saturated rings. The van der Waals surface area contributed by atoms with E-state index >= 15 is 0 Å². The zero-order chi connectivity index (χ0) is 11.5. The summed E-state index contributed by atoms with van der Waals surface area (Å²) in [7, 11) is 0. The highest BCUT2D eigenvalue weighted by Gasteiger charge is 2.09. The molecule has 0 amide bonds. The summed E-state index contributed by atoms with van der Waals surface area (Å²) in [6, 6.07) is 1.56. The average molecular weight is 322 g/mol. The molecule has 1 heterocycles. The van der Waals surface area contributed by atoms with Crippen LogP contribution < -0.4 is 5.56 Å². The van der Waals surface area contributed by atoms with E-state index in [2.05, 4.69) is 27.7 Å². The van der Waals surface area contributed by atoms with Crippen LogP contribution in [0.2, 0.25) is 0 Å². The van der Waals surface area contributed by atoms with Crippen LogP contribution in [-0.4, -0.2) is 22.0 Å². The Labute approximate surface area is 103 Å². The SMILES string of the molecule is CC(C)(C)OCCn1ncc(I)cc1=O. The van der Waals surface area contributed by atoms with Crippen molar-refractivity contribution in [2.45, 2.75) is 32.9 Å². The highest BCUT2D eigenvalue weighted by Crippen LogP contribution is 2.05. The number of rotatable bonds is 3. The van der Waals surface area contributed by atoms with E-state index in [1.165, 1.54) is 4.68 Å². The second-order valence-electron chi connectivity index (χ2n) is 4.20. The van der Waals surface area contributed by atoms with Crippen molar-refractivity contribution >= 4 is 22.6 Å². The van der Waals surface area contributed by atoms with Crippen LogP contribution in [0.3, 0.4) is 0 Å². The second-order valence-corrected chi connectivity index (χ2v) is 5.44. The maximum atomic E-state index is 11.4. The van der Waals surface area contributed by atoms with Gasteiger partial charge in [-0.3, -0.25) is 4.79 Å². The van der Waals surface area contributed by atoms with Crippen LogP contribution in [0.1, 0.15) is 20.8 Å². The minimum Gasteiger partial charge on any atom is -0.374 e. The Kier molecular flexibility index (Phi) is 4.27. The molecule has 0 aliphatic carbocycles. The van der Waals surface area contributed by atoms with Gasteiger partial charge in [0.15, 0.2) is 0 Å².